The second-order valence-corrected chi connectivity index (χ2v) is 6.13. The number of nitrogens with zero attached hydrogens (tertiary/aromatic N) is 2. The summed E-state index contributed by atoms with van der Waals surface area (Å²) in [6.07, 6.45) is 5.26. The first-order chi connectivity index (χ1) is 14.0. The minimum Gasteiger partial charge on any atom is -0.465 e. The van der Waals surface area contributed by atoms with Crippen LogP contribution in [0.5, 0.6) is 0 Å². The van der Waals surface area contributed by atoms with E-state index in [0.717, 1.165) is 5.56 Å². The van der Waals surface area contributed by atoms with Gasteiger partial charge in [-0.15, -0.1) is 0 Å². The summed E-state index contributed by atoms with van der Waals surface area (Å²) in [6, 6.07) is 11.2. The molecule has 1 amide bonds. The van der Waals surface area contributed by atoms with Crippen molar-refractivity contribution in [1.82, 2.24) is 9.55 Å². The molecule has 0 saturated carbocycles. The van der Waals surface area contributed by atoms with Gasteiger partial charge in [0.25, 0.3) is 5.91 Å². The van der Waals surface area contributed by atoms with E-state index < -0.39 is 17.8 Å². The van der Waals surface area contributed by atoms with Crippen LogP contribution in [0.1, 0.15) is 36.6 Å². The summed E-state index contributed by atoms with van der Waals surface area (Å²) in [5.41, 5.74) is 1.89. The SMILES string of the molecule is COC(=O)c1ccc(C(=O)OC)c(NC(=O)c2ccc(Cn3ccnc3)cc2)c1. The van der Waals surface area contributed by atoms with Crippen LogP contribution in [0.4, 0.5) is 5.69 Å². The molecule has 2 aromatic carbocycles. The van der Waals surface area contributed by atoms with E-state index in [0.29, 0.717) is 12.1 Å². The second-order valence-electron chi connectivity index (χ2n) is 6.13. The number of rotatable bonds is 6. The van der Waals surface area contributed by atoms with E-state index in [1.807, 2.05) is 22.9 Å². The van der Waals surface area contributed by atoms with Crippen LogP contribution in [0.15, 0.2) is 61.2 Å². The van der Waals surface area contributed by atoms with Gasteiger partial charge < -0.3 is 19.4 Å². The predicted octanol–water partition coefficient (Wildman–Crippen LogP) is 2.76. The van der Waals surface area contributed by atoms with Crippen LogP contribution in [0.25, 0.3) is 0 Å². The number of carbonyl (C=O) groups is 3. The zero-order valence-electron chi connectivity index (χ0n) is 15.9. The lowest BCUT2D eigenvalue weighted by molar-refractivity contribution is 0.0587. The van der Waals surface area contributed by atoms with Gasteiger partial charge in [-0.05, 0) is 35.9 Å². The lowest BCUT2D eigenvalue weighted by Crippen LogP contribution is -2.16. The molecule has 8 heteroatoms. The summed E-state index contributed by atoms with van der Waals surface area (Å²) in [7, 11) is 2.49. The lowest BCUT2D eigenvalue weighted by atomic mass is 10.1. The molecule has 0 aliphatic rings. The summed E-state index contributed by atoms with van der Waals surface area (Å²) in [5, 5.41) is 2.66. The highest BCUT2D eigenvalue weighted by Gasteiger charge is 2.18. The number of anilines is 1. The Labute approximate surface area is 167 Å². The van der Waals surface area contributed by atoms with Crippen molar-refractivity contribution < 1.29 is 23.9 Å². The standard InChI is InChI=1S/C21H19N3O5/c1-28-20(26)16-7-8-17(21(27)29-2)18(11-16)23-19(25)15-5-3-14(4-6-15)12-24-10-9-22-13-24/h3-11,13H,12H2,1-2H3,(H,23,25). The first kappa shape index (κ1) is 19.8. The molecule has 0 unspecified atom stereocenters. The van der Waals surface area contributed by atoms with Gasteiger partial charge in [0.15, 0.2) is 0 Å². The molecule has 0 spiro atoms. The number of imidazole rings is 1. The molecule has 1 heterocycles. The molecule has 148 valence electrons. The Morgan fingerprint density at radius 1 is 0.966 bits per heavy atom. The van der Waals surface area contributed by atoms with Crippen LogP contribution < -0.4 is 5.32 Å². The predicted molar refractivity (Wildman–Crippen MR) is 105 cm³/mol. The van der Waals surface area contributed by atoms with Gasteiger partial charge in [0.1, 0.15) is 0 Å². The molecule has 0 saturated heterocycles. The molecule has 0 aliphatic heterocycles. The van der Waals surface area contributed by atoms with Gasteiger partial charge in [-0.25, -0.2) is 14.6 Å². The molecule has 0 aliphatic carbocycles. The molecule has 0 fully saturated rings. The number of carbonyl (C=O) groups excluding carboxylic acids is 3. The topological polar surface area (TPSA) is 99.5 Å². The van der Waals surface area contributed by atoms with Crippen LogP contribution in [0, 0.1) is 0 Å². The van der Waals surface area contributed by atoms with Crippen LogP contribution in [0.2, 0.25) is 0 Å². The first-order valence-electron chi connectivity index (χ1n) is 8.68. The van der Waals surface area contributed by atoms with Crippen LogP contribution in [0.3, 0.4) is 0 Å². The fourth-order valence-electron chi connectivity index (χ4n) is 2.73. The average molecular weight is 393 g/mol. The number of benzene rings is 2. The van der Waals surface area contributed by atoms with Crippen LogP contribution in [-0.4, -0.2) is 41.6 Å². The molecule has 1 aromatic heterocycles. The summed E-state index contributed by atoms with van der Waals surface area (Å²) in [6.45, 7) is 0.634. The summed E-state index contributed by atoms with van der Waals surface area (Å²) < 4.78 is 11.3. The van der Waals surface area contributed by atoms with E-state index in [1.54, 1.807) is 24.7 Å². The Bertz CT molecular complexity index is 1030. The smallest absolute Gasteiger partial charge is 0.339 e. The second kappa shape index (κ2) is 8.83. The van der Waals surface area contributed by atoms with E-state index in [9.17, 15) is 14.4 Å². The van der Waals surface area contributed by atoms with Gasteiger partial charge in [0.05, 0.1) is 37.4 Å². The fourth-order valence-corrected chi connectivity index (χ4v) is 2.73. The number of methoxy groups -OCH3 is 2. The number of nitrogens with one attached hydrogen (secondary N) is 1. The molecule has 0 radical (unpaired) electrons. The van der Waals surface area contributed by atoms with Crippen LogP contribution in [-0.2, 0) is 16.0 Å². The van der Waals surface area contributed by atoms with Gasteiger partial charge in [-0.2, -0.15) is 0 Å². The molecule has 0 bridgehead atoms. The number of amides is 1. The Morgan fingerprint density at radius 2 is 1.66 bits per heavy atom. The highest BCUT2D eigenvalue weighted by Crippen LogP contribution is 2.21. The van der Waals surface area contributed by atoms with E-state index >= 15 is 0 Å². The third-order valence-corrected chi connectivity index (χ3v) is 4.23. The summed E-state index contributed by atoms with van der Waals surface area (Å²) in [5.74, 6) is -1.64. The van der Waals surface area contributed by atoms with Gasteiger partial charge >= 0.3 is 11.9 Å². The van der Waals surface area contributed by atoms with Crippen molar-refractivity contribution >= 4 is 23.5 Å². The monoisotopic (exact) mass is 393 g/mol. The zero-order chi connectivity index (χ0) is 20.8. The number of aromatic nitrogens is 2. The third-order valence-electron chi connectivity index (χ3n) is 4.23. The molecule has 3 aromatic rings. The van der Waals surface area contributed by atoms with Crippen molar-refractivity contribution in [1.29, 1.82) is 0 Å². The number of hydrogen-bond donors (Lipinski definition) is 1. The molecular formula is C21H19N3O5. The fraction of sp³-hybridized carbons (Fsp3) is 0.143. The quantitative estimate of drug-likeness (QED) is 0.647. The van der Waals surface area contributed by atoms with E-state index in [2.05, 4.69) is 15.0 Å². The van der Waals surface area contributed by atoms with Gasteiger partial charge in [-0.1, -0.05) is 12.1 Å². The van der Waals surface area contributed by atoms with E-state index in [1.165, 1.54) is 32.4 Å². The number of hydrogen-bond acceptors (Lipinski definition) is 6. The zero-order valence-corrected chi connectivity index (χ0v) is 15.9. The summed E-state index contributed by atoms with van der Waals surface area (Å²) >= 11 is 0. The maximum atomic E-state index is 12.7. The Balaban J connectivity index is 1.81. The van der Waals surface area contributed by atoms with Crippen molar-refractivity contribution in [3.63, 3.8) is 0 Å². The molecular weight excluding hydrogens is 374 g/mol. The minimum absolute atomic E-state index is 0.130. The van der Waals surface area contributed by atoms with Crippen molar-refractivity contribution in [3.05, 3.63) is 83.4 Å². The number of ether oxygens (including phenoxy) is 2. The van der Waals surface area contributed by atoms with Crippen molar-refractivity contribution in [2.75, 3.05) is 19.5 Å². The average Bonchev–Trinajstić information content (AvgIpc) is 3.26. The van der Waals surface area contributed by atoms with E-state index in [4.69, 9.17) is 4.74 Å². The third kappa shape index (κ3) is 4.67. The Morgan fingerprint density at radius 3 is 2.28 bits per heavy atom. The minimum atomic E-state index is -0.632. The summed E-state index contributed by atoms with van der Waals surface area (Å²) in [4.78, 5) is 40.4. The maximum absolute atomic E-state index is 12.7. The first-order valence-corrected chi connectivity index (χ1v) is 8.68. The Kier molecular flexibility index (Phi) is 6.03. The lowest BCUT2D eigenvalue weighted by Gasteiger charge is -2.12. The van der Waals surface area contributed by atoms with Crippen molar-refractivity contribution in [2.24, 2.45) is 0 Å². The van der Waals surface area contributed by atoms with Crippen LogP contribution >= 0.6 is 0 Å². The highest BCUT2D eigenvalue weighted by molar-refractivity contribution is 6.09. The normalized spacial score (nSPS) is 10.3. The molecule has 1 N–H and O–H groups in total. The largest absolute Gasteiger partial charge is 0.465 e. The highest BCUT2D eigenvalue weighted by atomic mass is 16.5. The van der Waals surface area contributed by atoms with E-state index in [-0.39, 0.29) is 16.8 Å². The Hall–Kier alpha value is -3.94. The van der Waals surface area contributed by atoms with Crippen molar-refractivity contribution in [3.8, 4) is 0 Å². The maximum Gasteiger partial charge on any atom is 0.339 e. The molecule has 0 atom stereocenters. The van der Waals surface area contributed by atoms with Gasteiger partial charge in [-0.3, -0.25) is 4.79 Å². The van der Waals surface area contributed by atoms with Gasteiger partial charge in [0.2, 0.25) is 0 Å². The van der Waals surface area contributed by atoms with Gasteiger partial charge in [0, 0.05) is 24.5 Å². The number of esters is 2. The van der Waals surface area contributed by atoms with Crippen molar-refractivity contribution in [2.45, 2.75) is 6.54 Å². The molecule has 29 heavy (non-hydrogen) atoms. The molecule has 8 nitrogen and oxygen atoms in total. The molecule has 3 rings (SSSR count).